The summed E-state index contributed by atoms with van der Waals surface area (Å²) in [6, 6.07) is 34.7. The normalized spacial score (nSPS) is 14.3. The van der Waals surface area contributed by atoms with Gasteiger partial charge in [-0.05, 0) is 41.0 Å². The summed E-state index contributed by atoms with van der Waals surface area (Å²) in [6.07, 6.45) is 2.10. The molecule has 4 aromatic carbocycles. The van der Waals surface area contributed by atoms with Gasteiger partial charge in [-0.3, -0.25) is 5.43 Å². The zero-order valence-corrected chi connectivity index (χ0v) is 19.3. The molecule has 0 saturated heterocycles. The van der Waals surface area contributed by atoms with E-state index >= 15 is 0 Å². The highest BCUT2D eigenvalue weighted by molar-refractivity contribution is 5.76. The molecule has 2 heterocycles. The van der Waals surface area contributed by atoms with Crippen LogP contribution >= 0.6 is 0 Å². The van der Waals surface area contributed by atoms with Crippen LogP contribution in [0.15, 0.2) is 115 Å². The second-order valence-corrected chi connectivity index (χ2v) is 8.60. The quantitative estimate of drug-likeness (QED) is 0.461. The molecular formula is C30H25N3O2. The van der Waals surface area contributed by atoms with Gasteiger partial charge in [-0.2, -0.15) is 0 Å². The number of ether oxygens (including phenoxy) is 1. The fraction of sp³-hybridized carbons (Fsp3) is 0.0667. The molecular weight excluding hydrogens is 434 g/mol. The maximum atomic E-state index is 11.4. The van der Waals surface area contributed by atoms with E-state index in [4.69, 9.17) is 4.74 Å². The Hall–Kier alpha value is -4.64. The third kappa shape index (κ3) is 3.77. The van der Waals surface area contributed by atoms with Crippen LogP contribution in [-0.2, 0) is 6.54 Å². The Morgan fingerprint density at radius 2 is 1.46 bits per heavy atom. The summed E-state index contributed by atoms with van der Waals surface area (Å²) in [5.41, 5.74) is 9.37. The number of aliphatic hydroxyl groups excluding tert-OH is 1. The van der Waals surface area contributed by atoms with Crippen molar-refractivity contribution in [2.75, 3.05) is 12.1 Å². The van der Waals surface area contributed by atoms with Crippen LogP contribution in [0, 0.1) is 0 Å². The average Bonchev–Trinajstić information content (AvgIpc) is 3.27. The van der Waals surface area contributed by atoms with Crippen molar-refractivity contribution in [3.8, 4) is 16.9 Å². The minimum atomic E-state index is 0.173. The van der Waals surface area contributed by atoms with E-state index in [1.54, 1.807) is 12.1 Å². The van der Waals surface area contributed by atoms with Gasteiger partial charge in [0.05, 0.1) is 18.5 Å². The molecule has 0 amide bonds. The van der Waals surface area contributed by atoms with Gasteiger partial charge in [0, 0.05) is 23.2 Å². The largest absolute Gasteiger partial charge is 0.497 e. The lowest BCUT2D eigenvalue weighted by atomic mass is 10.1. The van der Waals surface area contributed by atoms with Gasteiger partial charge in [0.1, 0.15) is 11.4 Å². The minimum Gasteiger partial charge on any atom is -0.497 e. The van der Waals surface area contributed by atoms with Crippen molar-refractivity contribution in [2.24, 2.45) is 0 Å². The van der Waals surface area contributed by atoms with E-state index in [2.05, 4.69) is 52.9 Å². The van der Waals surface area contributed by atoms with Gasteiger partial charge in [0.15, 0.2) is 0 Å². The van der Waals surface area contributed by atoms with E-state index in [9.17, 15) is 5.11 Å². The van der Waals surface area contributed by atoms with E-state index in [1.807, 2.05) is 66.7 Å². The van der Waals surface area contributed by atoms with E-state index in [-0.39, 0.29) is 5.88 Å². The van der Waals surface area contributed by atoms with Crippen molar-refractivity contribution in [3.05, 3.63) is 131 Å². The molecule has 0 spiro atoms. The smallest absolute Gasteiger partial charge is 0.237 e. The summed E-state index contributed by atoms with van der Waals surface area (Å²) in [5, 5.41) is 15.3. The van der Waals surface area contributed by atoms with Crippen LogP contribution in [-0.4, -0.2) is 17.1 Å². The monoisotopic (exact) mass is 459 g/mol. The molecule has 0 radical (unpaired) electrons. The summed E-state index contributed by atoms with van der Waals surface area (Å²) in [7, 11) is 1.67. The summed E-state index contributed by atoms with van der Waals surface area (Å²) in [4.78, 5) is 2.10. The molecule has 172 valence electrons. The molecule has 2 aliphatic rings. The lowest BCUT2D eigenvalue weighted by Crippen LogP contribution is -2.40. The van der Waals surface area contributed by atoms with Gasteiger partial charge >= 0.3 is 0 Å². The van der Waals surface area contributed by atoms with Crippen LogP contribution in [0.4, 0.5) is 5.69 Å². The van der Waals surface area contributed by atoms with Crippen molar-refractivity contribution in [1.82, 2.24) is 10.3 Å². The number of hydrogen-bond acceptors (Lipinski definition) is 5. The Morgan fingerprint density at radius 1 is 0.771 bits per heavy atom. The van der Waals surface area contributed by atoms with Crippen molar-refractivity contribution < 1.29 is 9.84 Å². The molecule has 0 aliphatic carbocycles. The number of anilines is 1. The Kier molecular flexibility index (Phi) is 5.15. The first-order valence-electron chi connectivity index (χ1n) is 11.6. The van der Waals surface area contributed by atoms with E-state index in [0.717, 1.165) is 50.0 Å². The summed E-state index contributed by atoms with van der Waals surface area (Å²) in [6.45, 7) is 0.615. The highest BCUT2D eigenvalue weighted by Crippen LogP contribution is 2.33. The zero-order chi connectivity index (χ0) is 23.8. The first-order valence-corrected chi connectivity index (χ1v) is 11.6. The predicted octanol–water partition coefficient (Wildman–Crippen LogP) is 4.48. The van der Waals surface area contributed by atoms with Gasteiger partial charge < -0.3 is 14.7 Å². The van der Waals surface area contributed by atoms with Crippen molar-refractivity contribution in [1.29, 1.82) is 0 Å². The molecule has 0 unspecified atom stereocenters. The molecule has 6 rings (SSSR count). The third-order valence-electron chi connectivity index (χ3n) is 6.44. The van der Waals surface area contributed by atoms with Gasteiger partial charge in [-0.15, -0.1) is 0 Å². The fourth-order valence-corrected chi connectivity index (χ4v) is 4.64. The number of nitrogens with zero attached hydrogens (tertiary/aromatic N) is 2. The van der Waals surface area contributed by atoms with Crippen molar-refractivity contribution in [3.63, 3.8) is 0 Å². The van der Waals surface area contributed by atoms with Crippen molar-refractivity contribution >= 4 is 17.6 Å². The summed E-state index contributed by atoms with van der Waals surface area (Å²) < 4.78 is 5.30. The zero-order valence-electron chi connectivity index (χ0n) is 19.3. The standard InChI is InChI=1S/C30H25N3O2/c1-35-26-17-11-21(12-18-26)19-32-20-24-9-5-6-10-27(24)28-29(32)30(34)33(31-28)25-15-13-23(14-16-25)22-7-3-2-4-8-22/h2-18,20,31,34H,19H2,1H3. The average molecular weight is 460 g/mol. The molecule has 5 nitrogen and oxygen atoms in total. The SMILES string of the molecule is COc1ccc(CN2C=c3ccccc3=C3NN(c4ccc(-c5ccccc5)cc4)C(O)=C32)cc1. The number of hydrazine groups is 1. The van der Waals surface area contributed by atoms with Crippen LogP contribution in [0.3, 0.4) is 0 Å². The molecule has 0 atom stereocenters. The molecule has 0 bridgehead atoms. The maximum absolute atomic E-state index is 11.4. The maximum Gasteiger partial charge on any atom is 0.237 e. The Morgan fingerprint density at radius 3 is 2.20 bits per heavy atom. The Labute approximate surface area is 204 Å². The molecule has 35 heavy (non-hydrogen) atoms. The molecule has 4 aromatic rings. The fourth-order valence-electron chi connectivity index (χ4n) is 4.64. The van der Waals surface area contributed by atoms with Crippen LogP contribution in [0.25, 0.3) is 23.0 Å². The number of rotatable bonds is 5. The number of hydrogen-bond donors (Lipinski definition) is 2. The molecule has 2 aliphatic heterocycles. The molecule has 2 N–H and O–H groups in total. The van der Waals surface area contributed by atoms with Gasteiger partial charge in [0.25, 0.3) is 0 Å². The summed E-state index contributed by atoms with van der Waals surface area (Å²) in [5.74, 6) is 0.996. The van der Waals surface area contributed by atoms with E-state index in [1.165, 1.54) is 0 Å². The van der Waals surface area contributed by atoms with Crippen LogP contribution in [0.2, 0.25) is 0 Å². The number of methoxy groups -OCH3 is 1. The second-order valence-electron chi connectivity index (χ2n) is 8.60. The van der Waals surface area contributed by atoms with Crippen LogP contribution < -0.4 is 25.6 Å². The van der Waals surface area contributed by atoms with Crippen LogP contribution in [0.5, 0.6) is 5.75 Å². The summed E-state index contributed by atoms with van der Waals surface area (Å²) >= 11 is 0. The lowest BCUT2D eigenvalue weighted by molar-refractivity contribution is 0.367. The van der Waals surface area contributed by atoms with E-state index < -0.39 is 0 Å². The number of aliphatic hydroxyl groups is 1. The second kappa shape index (κ2) is 8.61. The topological polar surface area (TPSA) is 48.0 Å². The van der Waals surface area contributed by atoms with E-state index in [0.29, 0.717) is 6.54 Å². The Bertz CT molecular complexity index is 1530. The first kappa shape index (κ1) is 20.9. The molecule has 0 fully saturated rings. The van der Waals surface area contributed by atoms with Gasteiger partial charge in [0.2, 0.25) is 5.88 Å². The predicted molar refractivity (Wildman–Crippen MR) is 139 cm³/mol. The first-order chi connectivity index (χ1) is 17.2. The van der Waals surface area contributed by atoms with Crippen molar-refractivity contribution in [2.45, 2.75) is 6.54 Å². The number of nitrogens with one attached hydrogen (secondary N) is 1. The molecule has 0 saturated carbocycles. The highest BCUT2D eigenvalue weighted by atomic mass is 16.5. The molecule has 5 heteroatoms. The third-order valence-corrected chi connectivity index (χ3v) is 6.44. The number of benzene rings is 4. The van der Waals surface area contributed by atoms with Gasteiger partial charge in [-0.1, -0.05) is 78.9 Å². The van der Waals surface area contributed by atoms with Crippen LogP contribution in [0.1, 0.15) is 5.56 Å². The Balaban J connectivity index is 1.39. The van der Waals surface area contributed by atoms with Gasteiger partial charge in [-0.25, -0.2) is 5.01 Å². The molecule has 0 aromatic heterocycles. The number of fused-ring (bicyclic) bond motifs is 2. The highest BCUT2D eigenvalue weighted by Gasteiger charge is 2.33. The minimum absolute atomic E-state index is 0.173. The lowest BCUT2D eigenvalue weighted by Gasteiger charge is -2.25.